The van der Waals surface area contributed by atoms with Crippen LogP contribution >= 0.6 is 0 Å². The molecule has 0 radical (unpaired) electrons. The van der Waals surface area contributed by atoms with Gasteiger partial charge in [-0.3, -0.25) is 0 Å². The van der Waals surface area contributed by atoms with E-state index in [0.717, 1.165) is 36.2 Å². The van der Waals surface area contributed by atoms with Gasteiger partial charge >= 0.3 is 15.6 Å². The van der Waals surface area contributed by atoms with E-state index in [4.69, 9.17) is 9.84 Å². The molecule has 1 atom stereocenters. The Morgan fingerprint density at radius 1 is 1.00 bits per heavy atom. The van der Waals surface area contributed by atoms with Gasteiger partial charge in [0.15, 0.2) is 6.23 Å². The molecule has 5 rings (SSSR count). The molecule has 0 saturated carbocycles. The highest BCUT2D eigenvalue weighted by molar-refractivity contribution is 7.87. The maximum Gasteiger partial charge on any atom is 0.534 e. The van der Waals surface area contributed by atoms with Crippen molar-refractivity contribution in [2.24, 2.45) is 0 Å². The van der Waals surface area contributed by atoms with Crippen LogP contribution in [0.4, 0.5) is 13.2 Å². The molecule has 4 aromatic rings. The molecule has 1 fully saturated rings. The number of halogens is 3. The van der Waals surface area contributed by atoms with E-state index in [-0.39, 0.29) is 11.7 Å². The van der Waals surface area contributed by atoms with Crippen LogP contribution in [0.25, 0.3) is 33.3 Å². The molecule has 172 valence electrons. The molecular weight excluding hydrogens is 461 g/mol. The number of para-hydroxylation sites is 1. The SMILES string of the molecule is O=S(=O)(Oc1ccc2nc(-c3nn(C4CCCCO4)c4ccccc34)ccc2n1)C(F)(F)F. The number of aromatic nitrogens is 4. The monoisotopic (exact) mass is 478 g/mol. The van der Waals surface area contributed by atoms with E-state index >= 15 is 0 Å². The van der Waals surface area contributed by atoms with Gasteiger partial charge in [-0.15, -0.1) is 0 Å². The predicted octanol–water partition coefficient (Wildman–Crippen LogP) is 4.57. The van der Waals surface area contributed by atoms with Gasteiger partial charge in [0.25, 0.3) is 0 Å². The molecule has 1 aliphatic rings. The van der Waals surface area contributed by atoms with Crippen LogP contribution in [0, 0.1) is 0 Å². The lowest BCUT2D eigenvalue weighted by Crippen LogP contribution is -2.28. The average Bonchev–Trinajstić information content (AvgIpc) is 3.18. The molecule has 4 heterocycles. The number of fused-ring (bicyclic) bond motifs is 2. The molecule has 0 amide bonds. The lowest BCUT2D eigenvalue weighted by molar-refractivity contribution is -0.0501. The molecule has 0 spiro atoms. The molecule has 12 heteroatoms. The molecule has 1 saturated heterocycles. The Balaban J connectivity index is 1.53. The van der Waals surface area contributed by atoms with E-state index in [0.29, 0.717) is 23.5 Å². The zero-order valence-electron chi connectivity index (χ0n) is 17.0. The Hall–Kier alpha value is -3.25. The third-order valence-electron chi connectivity index (χ3n) is 5.28. The fourth-order valence-electron chi connectivity index (χ4n) is 3.74. The summed E-state index contributed by atoms with van der Waals surface area (Å²) in [7, 11) is -5.81. The Kier molecular flexibility index (Phi) is 5.20. The topological polar surface area (TPSA) is 96.2 Å². The Morgan fingerprint density at radius 3 is 2.52 bits per heavy atom. The van der Waals surface area contributed by atoms with Gasteiger partial charge in [0, 0.05) is 18.1 Å². The fourth-order valence-corrected chi connectivity index (χ4v) is 4.16. The molecule has 0 bridgehead atoms. The summed E-state index contributed by atoms with van der Waals surface area (Å²) in [6, 6.07) is 13.2. The van der Waals surface area contributed by atoms with Crippen LogP contribution in [0.2, 0.25) is 0 Å². The number of ether oxygens (including phenoxy) is 1. The van der Waals surface area contributed by atoms with E-state index in [2.05, 4.69) is 14.2 Å². The van der Waals surface area contributed by atoms with E-state index in [1.54, 1.807) is 6.07 Å². The molecular formula is C21H17F3N4O4S. The van der Waals surface area contributed by atoms with Crippen LogP contribution in [0.15, 0.2) is 48.5 Å². The van der Waals surface area contributed by atoms with E-state index in [1.165, 1.54) is 12.1 Å². The number of benzene rings is 1. The summed E-state index contributed by atoms with van der Waals surface area (Å²) in [4.78, 5) is 8.37. The number of hydrogen-bond donors (Lipinski definition) is 0. The number of alkyl halides is 3. The summed E-state index contributed by atoms with van der Waals surface area (Å²) in [5, 5.41) is 5.64. The highest BCUT2D eigenvalue weighted by Gasteiger charge is 2.48. The minimum atomic E-state index is -5.81. The van der Waals surface area contributed by atoms with Gasteiger partial charge in [-0.2, -0.15) is 26.7 Å². The van der Waals surface area contributed by atoms with Crippen molar-refractivity contribution in [2.45, 2.75) is 31.0 Å². The molecule has 8 nitrogen and oxygen atoms in total. The Labute approximate surface area is 186 Å². The lowest BCUT2D eigenvalue weighted by Gasteiger charge is -2.23. The van der Waals surface area contributed by atoms with Gasteiger partial charge in [0.05, 0.1) is 22.2 Å². The molecule has 1 aromatic carbocycles. The summed E-state index contributed by atoms with van der Waals surface area (Å²) in [5.74, 6) is -0.696. The first kappa shape index (κ1) is 21.6. The van der Waals surface area contributed by atoms with Crippen molar-refractivity contribution in [1.82, 2.24) is 19.7 Å². The van der Waals surface area contributed by atoms with Crippen molar-refractivity contribution in [3.63, 3.8) is 0 Å². The number of nitrogens with zero attached hydrogens (tertiary/aromatic N) is 4. The maximum absolute atomic E-state index is 12.6. The summed E-state index contributed by atoms with van der Waals surface area (Å²) >= 11 is 0. The van der Waals surface area contributed by atoms with Crippen LogP contribution in [-0.4, -0.2) is 40.3 Å². The van der Waals surface area contributed by atoms with E-state index < -0.39 is 21.5 Å². The van der Waals surface area contributed by atoms with Gasteiger partial charge in [0.2, 0.25) is 5.88 Å². The van der Waals surface area contributed by atoms with Gasteiger partial charge in [-0.25, -0.2) is 14.6 Å². The van der Waals surface area contributed by atoms with Crippen molar-refractivity contribution in [1.29, 1.82) is 0 Å². The minimum absolute atomic E-state index is 0.171. The van der Waals surface area contributed by atoms with Gasteiger partial charge < -0.3 is 8.92 Å². The highest BCUT2D eigenvalue weighted by atomic mass is 32.2. The van der Waals surface area contributed by atoms with Crippen molar-refractivity contribution in [3.8, 4) is 17.3 Å². The molecule has 3 aromatic heterocycles. The fraction of sp³-hybridized carbons (Fsp3) is 0.286. The molecule has 0 aliphatic carbocycles. The standard InChI is InChI=1S/C21H17F3N4O4S/c22-21(23,24)33(29,30)32-18-11-10-14-15(26-18)8-9-16(25-14)20-13-5-1-2-6-17(13)28(27-20)19-7-3-4-12-31-19/h1-2,5-6,8-11,19H,3-4,7,12H2. The molecule has 1 unspecified atom stereocenters. The van der Waals surface area contributed by atoms with Gasteiger partial charge in [-0.05, 0) is 43.5 Å². The van der Waals surface area contributed by atoms with E-state index in [9.17, 15) is 21.6 Å². The summed E-state index contributed by atoms with van der Waals surface area (Å²) in [6.07, 6.45) is 2.74. The van der Waals surface area contributed by atoms with Crippen molar-refractivity contribution >= 4 is 32.1 Å². The van der Waals surface area contributed by atoms with Gasteiger partial charge in [0.1, 0.15) is 5.69 Å². The minimum Gasteiger partial charge on any atom is -0.356 e. The predicted molar refractivity (Wildman–Crippen MR) is 113 cm³/mol. The zero-order valence-corrected chi connectivity index (χ0v) is 17.8. The first-order valence-corrected chi connectivity index (χ1v) is 11.5. The third-order valence-corrected chi connectivity index (χ3v) is 6.24. The molecule has 0 N–H and O–H groups in total. The van der Waals surface area contributed by atoms with Gasteiger partial charge in [-0.1, -0.05) is 18.2 Å². The van der Waals surface area contributed by atoms with Crippen molar-refractivity contribution in [2.75, 3.05) is 6.61 Å². The second-order valence-electron chi connectivity index (χ2n) is 7.50. The number of rotatable bonds is 4. The second-order valence-corrected chi connectivity index (χ2v) is 9.04. The highest BCUT2D eigenvalue weighted by Crippen LogP contribution is 2.33. The lowest BCUT2D eigenvalue weighted by atomic mass is 10.1. The smallest absolute Gasteiger partial charge is 0.356 e. The first-order chi connectivity index (χ1) is 15.7. The van der Waals surface area contributed by atoms with Crippen LogP contribution in [-0.2, 0) is 14.9 Å². The Bertz CT molecular complexity index is 1450. The number of pyridine rings is 2. The van der Waals surface area contributed by atoms with Crippen molar-refractivity contribution in [3.05, 3.63) is 48.5 Å². The summed E-state index contributed by atoms with van der Waals surface area (Å²) in [6.45, 7) is 0.669. The molecule has 33 heavy (non-hydrogen) atoms. The third kappa shape index (κ3) is 4.00. The van der Waals surface area contributed by atoms with Crippen LogP contribution < -0.4 is 4.18 Å². The molecule has 1 aliphatic heterocycles. The zero-order chi connectivity index (χ0) is 23.2. The summed E-state index contributed by atoms with van der Waals surface area (Å²) < 4.78 is 72.0. The quantitative estimate of drug-likeness (QED) is 0.313. The summed E-state index contributed by atoms with van der Waals surface area (Å²) in [5.41, 5.74) is -2.97. The maximum atomic E-state index is 12.6. The van der Waals surface area contributed by atoms with Crippen molar-refractivity contribution < 1.29 is 30.5 Å². The Morgan fingerprint density at radius 2 is 1.76 bits per heavy atom. The number of hydrogen-bond acceptors (Lipinski definition) is 7. The first-order valence-electron chi connectivity index (χ1n) is 10.1. The van der Waals surface area contributed by atoms with Crippen LogP contribution in [0.5, 0.6) is 5.88 Å². The largest absolute Gasteiger partial charge is 0.534 e. The normalized spacial score (nSPS) is 17.5. The van der Waals surface area contributed by atoms with E-state index in [1.807, 2.05) is 28.9 Å². The average molecular weight is 478 g/mol. The van der Waals surface area contributed by atoms with Crippen LogP contribution in [0.1, 0.15) is 25.5 Å². The second kappa shape index (κ2) is 7.96. The van der Waals surface area contributed by atoms with Crippen LogP contribution in [0.3, 0.4) is 0 Å².